The molecule has 0 saturated heterocycles. The largest absolute Gasteiger partial charge is 0.481 e. The first-order valence-corrected chi connectivity index (χ1v) is 4.94. The smallest absolute Gasteiger partial charge is 0.309 e. The topological polar surface area (TPSA) is 54.4 Å². The third-order valence-electron chi connectivity index (χ3n) is 2.52. The van der Waals surface area contributed by atoms with Crippen molar-refractivity contribution in [1.29, 1.82) is 0 Å². The maximum atomic E-state index is 13.0. The molecule has 1 aromatic carbocycles. The zero-order chi connectivity index (χ0) is 13.2. The van der Waals surface area contributed by atoms with Crippen molar-refractivity contribution in [3.63, 3.8) is 0 Å². The summed E-state index contributed by atoms with van der Waals surface area (Å²) in [6.07, 6.45) is 0.337. The third kappa shape index (κ3) is 2.87. The van der Waals surface area contributed by atoms with Crippen molar-refractivity contribution in [1.82, 2.24) is 0 Å². The molecule has 0 heterocycles. The molecule has 0 unspecified atom stereocenters. The predicted octanol–water partition coefficient (Wildman–Crippen LogP) is 2.43. The lowest BCUT2D eigenvalue weighted by Crippen LogP contribution is -2.26. The van der Waals surface area contributed by atoms with E-state index in [0.717, 1.165) is 12.1 Å². The standard InChI is InChI=1S/C12H12F2O3/c1-12(2,11(16)17)5-7-3-9(13)10(14)4-8(7)6-15/h3-4,6H,5H2,1-2H3,(H,16,17). The number of rotatable bonds is 4. The molecule has 17 heavy (non-hydrogen) atoms. The van der Waals surface area contributed by atoms with Gasteiger partial charge in [0.25, 0.3) is 0 Å². The average molecular weight is 242 g/mol. The van der Waals surface area contributed by atoms with E-state index in [0.29, 0.717) is 6.29 Å². The van der Waals surface area contributed by atoms with Gasteiger partial charge in [-0.3, -0.25) is 9.59 Å². The maximum Gasteiger partial charge on any atom is 0.309 e. The molecule has 0 amide bonds. The van der Waals surface area contributed by atoms with Crippen LogP contribution >= 0.6 is 0 Å². The second-order valence-electron chi connectivity index (χ2n) is 4.45. The van der Waals surface area contributed by atoms with Crippen LogP contribution in [0.3, 0.4) is 0 Å². The lowest BCUT2D eigenvalue weighted by molar-refractivity contribution is -0.146. The van der Waals surface area contributed by atoms with Gasteiger partial charge in [-0.1, -0.05) is 0 Å². The van der Waals surface area contributed by atoms with E-state index in [4.69, 9.17) is 5.11 Å². The highest BCUT2D eigenvalue weighted by Crippen LogP contribution is 2.25. The number of halogens is 2. The average Bonchev–Trinajstić information content (AvgIpc) is 2.22. The van der Waals surface area contributed by atoms with E-state index < -0.39 is 23.0 Å². The Bertz CT molecular complexity index is 467. The molecule has 0 radical (unpaired) electrons. The van der Waals surface area contributed by atoms with Gasteiger partial charge in [-0.2, -0.15) is 0 Å². The molecule has 1 rings (SSSR count). The Kier molecular flexibility index (Phi) is 3.60. The van der Waals surface area contributed by atoms with Gasteiger partial charge >= 0.3 is 5.97 Å². The fraction of sp³-hybridized carbons (Fsp3) is 0.333. The Hall–Kier alpha value is -1.78. The highest BCUT2D eigenvalue weighted by molar-refractivity contribution is 5.79. The number of carbonyl (C=O) groups is 2. The Balaban J connectivity index is 3.18. The van der Waals surface area contributed by atoms with Crippen molar-refractivity contribution in [2.45, 2.75) is 20.3 Å². The number of hydrogen-bond acceptors (Lipinski definition) is 2. The summed E-state index contributed by atoms with van der Waals surface area (Å²) >= 11 is 0. The van der Waals surface area contributed by atoms with Crippen LogP contribution < -0.4 is 0 Å². The van der Waals surface area contributed by atoms with Gasteiger partial charge in [-0.25, -0.2) is 8.78 Å². The van der Waals surface area contributed by atoms with E-state index in [1.54, 1.807) is 0 Å². The fourth-order valence-corrected chi connectivity index (χ4v) is 1.42. The molecule has 0 aliphatic carbocycles. The molecule has 0 spiro atoms. The number of carbonyl (C=O) groups excluding carboxylic acids is 1. The van der Waals surface area contributed by atoms with Crippen LogP contribution in [0, 0.1) is 17.0 Å². The van der Waals surface area contributed by atoms with Crippen molar-refractivity contribution in [3.05, 3.63) is 34.9 Å². The molecule has 0 aliphatic heterocycles. The van der Waals surface area contributed by atoms with Crippen LogP contribution in [0.2, 0.25) is 0 Å². The first-order valence-electron chi connectivity index (χ1n) is 4.94. The van der Waals surface area contributed by atoms with Gasteiger partial charge in [-0.05, 0) is 38.0 Å². The van der Waals surface area contributed by atoms with Crippen LogP contribution in [0.1, 0.15) is 29.8 Å². The van der Waals surface area contributed by atoms with Crippen LogP contribution in [0.15, 0.2) is 12.1 Å². The molecule has 92 valence electrons. The van der Waals surface area contributed by atoms with Crippen molar-refractivity contribution in [2.24, 2.45) is 5.41 Å². The predicted molar refractivity (Wildman–Crippen MR) is 56.9 cm³/mol. The minimum Gasteiger partial charge on any atom is -0.481 e. The van der Waals surface area contributed by atoms with Crippen LogP contribution in [0.4, 0.5) is 8.78 Å². The number of carboxylic acid groups (broad SMARTS) is 1. The van der Waals surface area contributed by atoms with Gasteiger partial charge in [0.1, 0.15) is 6.29 Å². The van der Waals surface area contributed by atoms with Crippen molar-refractivity contribution >= 4 is 12.3 Å². The first-order chi connectivity index (χ1) is 7.77. The summed E-state index contributed by atoms with van der Waals surface area (Å²) in [4.78, 5) is 21.6. The number of carboxylic acids is 1. The summed E-state index contributed by atoms with van der Waals surface area (Å²) in [6, 6.07) is 1.64. The van der Waals surface area contributed by atoms with E-state index in [2.05, 4.69) is 0 Å². The van der Waals surface area contributed by atoms with Gasteiger partial charge < -0.3 is 5.11 Å². The van der Waals surface area contributed by atoms with Gasteiger partial charge in [-0.15, -0.1) is 0 Å². The lowest BCUT2D eigenvalue weighted by Gasteiger charge is -2.20. The van der Waals surface area contributed by atoms with Crippen molar-refractivity contribution < 1.29 is 23.5 Å². The molecule has 0 aliphatic rings. The number of benzene rings is 1. The molecule has 0 bridgehead atoms. The molecular formula is C12H12F2O3. The molecule has 0 saturated carbocycles. The molecule has 3 nitrogen and oxygen atoms in total. The highest BCUT2D eigenvalue weighted by atomic mass is 19.2. The van der Waals surface area contributed by atoms with Crippen LogP contribution in [-0.2, 0) is 11.2 Å². The Labute approximate surface area is 97.1 Å². The number of hydrogen-bond donors (Lipinski definition) is 1. The lowest BCUT2D eigenvalue weighted by atomic mass is 9.84. The van der Waals surface area contributed by atoms with E-state index >= 15 is 0 Å². The third-order valence-corrected chi connectivity index (χ3v) is 2.52. The van der Waals surface area contributed by atoms with Crippen LogP contribution in [-0.4, -0.2) is 17.4 Å². The first kappa shape index (κ1) is 13.3. The molecule has 0 aromatic heterocycles. The zero-order valence-electron chi connectivity index (χ0n) is 9.46. The quantitative estimate of drug-likeness (QED) is 0.825. The van der Waals surface area contributed by atoms with Gasteiger partial charge in [0.2, 0.25) is 0 Å². The maximum absolute atomic E-state index is 13.0. The molecule has 1 N–H and O–H groups in total. The zero-order valence-corrected chi connectivity index (χ0v) is 9.46. The second kappa shape index (κ2) is 4.61. The second-order valence-corrected chi connectivity index (χ2v) is 4.45. The summed E-state index contributed by atoms with van der Waals surface area (Å²) in [6.45, 7) is 2.90. The number of aliphatic carboxylic acids is 1. The molecule has 1 aromatic rings. The SMILES string of the molecule is CC(C)(Cc1cc(F)c(F)cc1C=O)C(=O)O. The van der Waals surface area contributed by atoms with E-state index in [9.17, 15) is 18.4 Å². The Morgan fingerprint density at radius 2 is 1.88 bits per heavy atom. The van der Waals surface area contributed by atoms with Crippen LogP contribution in [0.25, 0.3) is 0 Å². The Morgan fingerprint density at radius 1 is 1.35 bits per heavy atom. The summed E-state index contributed by atoms with van der Waals surface area (Å²) in [5.41, 5.74) is -0.994. The normalized spacial score (nSPS) is 11.3. The van der Waals surface area contributed by atoms with Gasteiger partial charge in [0, 0.05) is 5.56 Å². The van der Waals surface area contributed by atoms with Crippen LogP contribution in [0.5, 0.6) is 0 Å². The highest BCUT2D eigenvalue weighted by Gasteiger charge is 2.28. The van der Waals surface area contributed by atoms with Crippen molar-refractivity contribution in [2.75, 3.05) is 0 Å². The molecule has 0 fully saturated rings. The summed E-state index contributed by atoms with van der Waals surface area (Å²) < 4.78 is 25.9. The van der Waals surface area contributed by atoms with Gasteiger partial charge in [0.05, 0.1) is 5.41 Å². The molecular weight excluding hydrogens is 230 g/mol. The fourth-order valence-electron chi connectivity index (χ4n) is 1.42. The van der Waals surface area contributed by atoms with E-state index in [1.807, 2.05) is 0 Å². The summed E-state index contributed by atoms with van der Waals surface area (Å²) in [5.74, 6) is -3.28. The Morgan fingerprint density at radius 3 is 2.35 bits per heavy atom. The minimum absolute atomic E-state index is 0.0294. The summed E-state index contributed by atoms with van der Waals surface area (Å²) in [7, 11) is 0. The van der Waals surface area contributed by atoms with Gasteiger partial charge in [0.15, 0.2) is 11.6 Å². The van der Waals surface area contributed by atoms with E-state index in [-0.39, 0.29) is 17.5 Å². The van der Waals surface area contributed by atoms with Crippen molar-refractivity contribution in [3.8, 4) is 0 Å². The molecule has 5 heteroatoms. The minimum atomic E-state index is -1.15. The number of aldehydes is 1. The van der Waals surface area contributed by atoms with E-state index in [1.165, 1.54) is 13.8 Å². The monoisotopic (exact) mass is 242 g/mol. The summed E-state index contributed by atoms with van der Waals surface area (Å²) in [5, 5.41) is 8.93. The molecule has 0 atom stereocenters.